The summed E-state index contributed by atoms with van der Waals surface area (Å²) in [4.78, 5) is 30.1. The number of hydrogen-bond acceptors (Lipinski definition) is 4. The average molecular weight is 491 g/mol. The van der Waals surface area contributed by atoms with Crippen molar-refractivity contribution in [3.05, 3.63) is 24.2 Å². The predicted octanol–water partition coefficient (Wildman–Crippen LogP) is 1.33. The van der Waals surface area contributed by atoms with E-state index in [1.165, 1.54) is 0 Å². The average Bonchev–Trinajstić information content (AvgIpc) is 3.17. The molecule has 2 amide bonds. The number of furan rings is 1. The van der Waals surface area contributed by atoms with Crippen LogP contribution in [0.1, 0.15) is 31.9 Å². The van der Waals surface area contributed by atoms with E-state index in [-0.39, 0.29) is 42.3 Å². The van der Waals surface area contributed by atoms with E-state index in [0.717, 1.165) is 38.4 Å². The van der Waals surface area contributed by atoms with Gasteiger partial charge in [0.25, 0.3) is 0 Å². The van der Waals surface area contributed by atoms with Crippen molar-refractivity contribution in [2.75, 3.05) is 33.2 Å². The molecule has 0 unspecified atom stereocenters. The number of guanidine groups is 1. The van der Waals surface area contributed by atoms with E-state index in [9.17, 15) is 9.59 Å². The molecule has 8 nitrogen and oxygen atoms in total. The van der Waals surface area contributed by atoms with Gasteiger partial charge in [0.05, 0.1) is 12.8 Å². The van der Waals surface area contributed by atoms with Crippen LogP contribution in [-0.4, -0.2) is 55.9 Å². The van der Waals surface area contributed by atoms with Gasteiger partial charge < -0.3 is 25.3 Å². The van der Waals surface area contributed by atoms with Crippen LogP contribution in [-0.2, 0) is 16.1 Å². The van der Waals surface area contributed by atoms with Gasteiger partial charge in [-0.1, -0.05) is 0 Å². The lowest BCUT2D eigenvalue weighted by atomic mass is 9.93. The Morgan fingerprint density at radius 2 is 2.00 bits per heavy atom. The van der Waals surface area contributed by atoms with Crippen LogP contribution in [0.25, 0.3) is 0 Å². The molecule has 1 fully saturated rings. The minimum absolute atomic E-state index is 0. The number of likely N-dealkylation sites (tertiary alicyclic amines) is 1. The summed E-state index contributed by atoms with van der Waals surface area (Å²) in [5.74, 6) is 1.82. The van der Waals surface area contributed by atoms with E-state index >= 15 is 0 Å². The third-order valence-electron chi connectivity index (χ3n) is 4.41. The summed E-state index contributed by atoms with van der Waals surface area (Å²) in [6.45, 7) is 4.85. The molecule has 1 aliphatic heterocycles. The number of halogens is 1. The van der Waals surface area contributed by atoms with Crippen LogP contribution in [0.2, 0.25) is 0 Å². The summed E-state index contributed by atoms with van der Waals surface area (Å²) in [6.07, 6.45) is 4.05. The Labute approximate surface area is 177 Å². The van der Waals surface area contributed by atoms with Gasteiger partial charge in [0.2, 0.25) is 11.8 Å². The third-order valence-corrected chi connectivity index (χ3v) is 4.41. The van der Waals surface area contributed by atoms with E-state index < -0.39 is 0 Å². The highest BCUT2D eigenvalue weighted by molar-refractivity contribution is 14.0. The number of piperidine rings is 1. The topological polar surface area (TPSA) is 99.0 Å². The summed E-state index contributed by atoms with van der Waals surface area (Å²) < 4.78 is 5.19. The molecule has 0 spiro atoms. The number of amides is 2. The lowest BCUT2D eigenvalue weighted by molar-refractivity contribution is -0.122. The Hall–Kier alpha value is -1.78. The highest BCUT2D eigenvalue weighted by Crippen LogP contribution is 2.20. The maximum Gasteiger partial charge on any atom is 0.242 e. The van der Waals surface area contributed by atoms with Gasteiger partial charge in [-0.05, 0) is 37.8 Å². The van der Waals surface area contributed by atoms with Crippen LogP contribution in [0.4, 0.5) is 0 Å². The van der Waals surface area contributed by atoms with Crippen LogP contribution in [0.15, 0.2) is 27.8 Å². The molecule has 27 heavy (non-hydrogen) atoms. The number of rotatable bonds is 7. The third kappa shape index (κ3) is 8.19. The molecule has 0 aliphatic carbocycles. The van der Waals surface area contributed by atoms with E-state index in [4.69, 9.17) is 4.42 Å². The van der Waals surface area contributed by atoms with E-state index in [2.05, 4.69) is 25.8 Å². The van der Waals surface area contributed by atoms with Crippen LogP contribution < -0.4 is 16.0 Å². The molecule has 1 aliphatic rings. The fraction of sp³-hybridized carbons (Fsp3) is 0.611. The maximum atomic E-state index is 12.0. The van der Waals surface area contributed by atoms with Crippen LogP contribution in [0, 0.1) is 5.92 Å². The maximum absolute atomic E-state index is 12.0. The summed E-state index contributed by atoms with van der Waals surface area (Å²) >= 11 is 0. The van der Waals surface area contributed by atoms with E-state index in [1.54, 1.807) is 19.4 Å². The molecule has 0 bridgehead atoms. The van der Waals surface area contributed by atoms with Gasteiger partial charge in [0.1, 0.15) is 12.3 Å². The van der Waals surface area contributed by atoms with Crippen molar-refractivity contribution in [3.8, 4) is 0 Å². The zero-order valence-corrected chi connectivity index (χ0v) is 18.3. The van der Waals surface area contributed by atoms with Crippen LogP contribution in [0.5, 0.6) is 0 Å². The van der Waals surface area contributed by atoms with Gasteiger partial charge >= 0.3 is 0 Å². The highest BCUT2D eigenvalue weighted by atomic mass is 127. The molecule has 2 heterocycles. The Bertz CT molecular complexity index is 598. The van der Waals surface area contributed by atoms with Crippen LogP contribution >= 0.6 is 24.0 Å². The van der Waals surface area contributed by atoms with Crippen molar-refractivity contribution >= 4 is 41.8 Å². The Kier molecular flexibility index (Phi) is 10.8. The lowest BCUT2D eigenvalue weighted by Crippen LogP contribution is -2.46. The normalized spacial score (nSPS) is 15.0. The van der Waals surface area contributed by atoms with Gasteiger partial charge in [0, 0.05) is 33.1 Å². The molecule has 0 aromatic carbocycles. The molecular weight excluding hydrogens is 461 g/mol. The number of aliphatic imine (C=N–C) groups is 1. The molecular formula is C18H30IN5O3. The first-order valence-electron chi connectivity index (χ1n) is 9.15. The second kappa shape index (κ2) is 12.6. The van der Waals surface area contributed by atoms with Crippen molar-refractivity contribution in [2.45, 2.75) is 32.7 Å². The largest absolute Gasteiger partial charge is 0.467 e. The molecule has 152 valence electrons. The van der Waals surface area contributed by atoms with Gasteiger partial charge in [-0.15, -0.1) is 24.0 Å². The second-order valence-corrected chi connectivity index (χ2v) is 6.33. The Balaban J connectivity index is 0.00000364. The summed E-state index contributed by atoms with van der Waals surface area (Å²) in [6, 6.07) is 3.60. The number of carbonyl (C=O) groups is 2. The van der Waals surface area contributed by atoms with Gasteiger partial charge in [0.15, 0.2) is 5.96 Å². The van der Waals surface area contributed by atoms with Gasteiger partial charge in [-0.25, -0.2) is 4.99 Å². The summed E-state index contributed by atoms with van der Waals surface area (Å²) in [7, 11) is 1.67. The molecule has 0 atom stereocenters. The van der Waals surface area contributed by atoms with Crippen molar-refractivity contribution < 1.29 is 14.0 Å². The molecule has 9 heteroatoms. The first kappa shape index (κ1) is 23.3. The fourth-order valence-corrected chi connectivity index (χ4v) is 2.94. The molecule has 0 radical (unpaired) electrons. The monoisotopic (exact) mass is 491 g/mol. The van der Waals surface area contributed by atoms with Crippen molar-refractivity contribution in [1.29, 1.82) is 0 Å². The predicted molar refractivity (Wildman–Crippen MR) is 115 cm³/mol. The number of hydrogen-bond donors (Lipinski definition) is 3. The second-order valence-electron chi connectivity index (χ2n) is 6.33. The van der Waals surface area contributed by atoms with Crippen molar-refractivity contribution in [3.63, 3.8) is 0 Å². The summed E-state index contributed by atoms with van der Waals surface area (Å²) in [5, 5.41) is 8.71. The quantitative estimate of drug-likeness (QED) is 0.304. The molecule has 1 aromatic heterocycles. The number of nitrogens with one attached hydrogen (secondary N) is 3. The van der Waals surface area contributed by atoms with Gasteiger partial charge in [-0.2, -0.15) is 0 Å². The number of carbonyl (C=O) groups excluding carboxylic acids is 2. The molecule has 1 saturated heterocycles. The minimum Gasteiger partial charge on any atom is -0.467 e. The lowest BCUT2D eigenvalue weighted by Gasteiger charge is -2.34. The summed E-state index contributed by atoms with van der Waals surface area (Å²) in [5.41, 5.74) is 0. The Morgan fingerprint density at radius 1 is 1.26 bits per heavy atom. The standard InChI is InChI=1S/C18H29N5O3.HI/c1-3-20-18(22-13-17(25)21-12-15-5-4-10-26-15)23-8-6-14(7-9-23)11-16(24)19-2;/h4-5,10,14H,3,6-9,11-13H2,1-2H3,(H,19,24)(H,20,22)(H,21,25);1H. The van der Waals surface area contributed by atoms with Gasteiger partial charge in [-0.3, -0.25) is 9.59 Å². The first-order chi connectivity index (χ1) is 12.6. The molecule has 0 saturated carbocycles. The van der Waals surface area contributed by atoms with Crippen LogP contribution in [0.3, 0.4) is 0 Å². The Morgan fingerprint density at radius 3 is 2.59 bits per heavy atom. The highest BCUT2D eigenvalue weighted by Gasteiger charge is 2.23. The number of nitrogens with zero attached hydrogens (tertiary/aromatic N) is 2. The molecule has 2 rings (SSSR count). The zero-order valence-electron chi connectivity index (χ0n) is 16.0. The molecule has 3 N–H and O–H groups in total. The van der Waals surface area contributed by atoms with E-state index in [0.29, 0.717) is 24.6 Å². The first-order valence-corrected chi connectivity index (χ1v) is 9.15. The SMILES string of the molecule is CCNC(=NCC(=O)NCc1ccco1)N1CCC(CC(=O)NC)CC1.I. The zero-order chi connectivity index (χ0) is 18.8. The minimum atomic E-state index is -0.147. The van der Waals surface area contributed by atoms with Crippen molar-refractivity contribution in [2.24, 2.45) is 10.9 Å². The smallest absolute Gasteiger partial charge is 0.242 e. The van der Waals surface area contributed by atoms with Crippen molar-refractivity contribution in [1.82, 2.24) is 20.9 Å². The van der Waals surface area contributed by atoms with E-state index in [1.807, 2.05) is 13.0 Å². The molecule has 1 aromatic rings. The fourth-order valence-electron chi connectivity index (χ4n) is 2.94.